The summed E-state index contributed by atoms with van der Waals surface area (Å²) >= 11 is 0. The molecule has 2 saturated heterocycles. The standard InChI is InChI=1S/C30H42N4O5/c1-4-5-16-33(2)17-18-34-26(28(36)31-20-10-7-6-8-11-20)30-15-14-23(39-30)24(25(30)29(34)37)27(35)32-21-12-9-13-22(19-21)38-3/h9,12-15,19-20,23-26H,4-8,10-11,16-18H2,1-3H3,(H,31,36)(H,32,35)/t23-,24?,25-,26?,30?/m0/s1. The van der Waals surface area contributed by atoms with Gasteiger partial charge in [0.15, 0.2) is 0 Å². The molecule has 1 aromatic carbocycles. The van der Waals surface area contributed by atoms with Gasteiger partial charge < -0.3 is 29.9 Å². The number of hydrogen-bond donors (Lipinski definition) is 2. The summed E-state index contributed by atoms with van der Waals surface area (Å²) in [5.74, 6) is -1.48. The number of ether oxygens (including phenoxy) is 2. The number of likely N-dealkylation sites (N-methyl/N-ethyl adjacent to an activating group) is 1. The van der Waals surface area contributed by atoms with Crippen molar-refractivity contribution < 1.29 is 23.9 Å². The molecular formula is C30H42N4O5. The summed E-state index contributed by atoms with van der Waals surface area (Å²) < 4.78 is 11.7. The fraction of sp³-hybridized carbons (Fsp3) is 0.633. The summed E-state index contributed by atoms with van der Waals surface area (Å²) in [7, 11) is 3.61. The zero-order valence-corrected chi connectivity index (χ0v) is 23.4. The second kappa shape index (κ2) is 11.7. The van der Waals surface area contributed by atoms with Crippen LogP contribution in [0.5, 0.6) is 5.75 Å². The molecule has 0 aromatic heterocycles. The van der Waals surface area contributed by atoms with Gasteiger partial charge in [0.1, 0.15) is 17.4 Å². The van der Waals surface area contributed by atoms with E-state index in [2.05, 4.69) is 22.5 Å². The fourth-order valence-electron chi connectivity index (χ4n) is 6.78. The minimum absolute atomic E-state index is 0.112. The van der Waals surface area contributed by atoms with Crippen LogP contribution in [0.15, 0.2) is 36.4 Å². The number of unbranched alkanes of at least 4 members (excludes halogenated alkanes) is 1. The lowest BCUT2D eigenvalue weighted by Crippen LogP contribution is -2.57. The molecule has 3 fully saturated rings. The Morgan fingerprint density at radius 2 is 1.97 bits per heavy atom. The second-order valence-electron chi connectivity index (χ2n) is 11.5. The first kappa shape index (κ1) is 27.6. The Morgan fingerprint density at radius 1 is 1.18 bits per heavy atom. The van der Waals surface area contributed by atoms with Crippen LogP contribution in [-0.4, -0.2) is 85.1 Å². The van der Waals surface area contributed by atoms with Crippen molar-refractivity contribution in [1.29, 1.82) is 0 Å². The van der Waals surface area contributed by atoms with Crippen LogP contribution in [0.3, 0.4) is 0 Å². The Kier molecular flexibility index (Phi) is 8.28. The average Bonchev–Trinajstić information content (AvgIpc) is 3.58. The van der Waals surface area contributed by atoms with Gasteiger partial charge in [-0.25, -0.2) is 0 Å². The number of amides is 3. The number of carbonyl (C=O) groups is 3. The van der Waals surface area contributed by atoms with Crippen molar-refractivity contribution in [3.05, 3.63) is 36.4 Å². The minimum Gasteiger partial charge on any atom is -0.497 e. The molecule has 0 radical (unpaired) electrons. The number of carbonyl (C=O) groups excluding carboxylic acids is 3. The first-order chi connectivity index (χ1) is 18.9. The summed E-state index contributed by atoms with van der Waals surface area (Å²) in [5, 5.41) is 6.20. The number of rotatable bonds is 11. The predicted molar refractivity (Wildman–Crippen MR) is 148 cm³/mol. The molecule has 9 heteroatoms. The molecule has 3 amide bonds. The second-order valence-corrected chi connectivity index (χ2v) is 11.5. The fourth-order valence-corrected chi connectivity index (χ4v) is 6.78. The van der Waals surface area contributed by atoms with Crippen molar-refractivity contribution in [2.75, 3.05) is 39.1 Å². The Bertz CT molecular complexity index is 1100. The number of nitrogens with one attached hydrogen (secondary N) is 2. The minimum atomic E-state index is -1.14. The van der Waals surface area contributed by atoms with Gasteiger partial charge in [0, 0.05) is 30.9 Å². The van der Waals surface area contributed by atoms with Crippen molar-refractivity contribution in [3.63, 3.8) is 0 Å². The van der Waals surface area contributed by atoms with E-state index in [0.29, 0.717) is 24.5 Å². The summed E-state index contributed by atoms with van der Waals surface area (Å²) in [6.07, 6.45) is 10.6. The molecule has 3 aliphatic heterocycles. The maximum atomic E-state index is 14.1. The molecule has 5 rings (SSSR count). The predicted octanol–water partition coefficient (Wildman–Crippen LogP) is 2.97. The molecule has 1 saturated carbocycles. The zero-order chi connectivity index (χ0) is 27.6. The molecule has 1 aliphatic carbocycles. The van der Waals surface area contributed by atoms with Crippen molar-refractivity contribution in [2.24, 2.45) is 11.8 Å². The average molecular weight is 539 g/mol. The third kappa shape index (κ3) is 5.31. The largest absolute Gasteiger partial charge is 0.497 e. The van der Waals surface area contributed by atoms with Gasteiger partial charge in [-0.2, -0.15) is 0 Å². The number of likely N-dealkylation sites (tertiary alicyclic amines) is 1. The van der Waals surface area contributed by atoms with E-state index in [9.17, 15) is 14.4 Å². The van der Waals surface area contributed by atoms with Gasteiger partial charge in [0.25, 0.3) is 0 Å². The molecule has 9 nitrogen and oxygen atoms in total. The van der Waals surface area contributed by atoms with E-state index in [1.54, 1.807) is 36.3 Å². The van der Waals surface area contributed by atoms with Crippen LogP contribution >= 0.6 is 0 Å². The topological polar surface area (TPSA) is 100 Å². The highest BCUT2D eigenvalue weighted by Gasteiger charge is 2.72. The van der Waals surface area contributed by atoms with E-state index in [0.717, 1.165) is 45.1 Å². The number of fused-ring (bicyclic) bond motifs is 1. The van der Waals surface area contributed by atoms with Crippen molar-refractivity contribution in [3.8, 4) is 5.75 Å². The maximum absolute atomic E-state index is 14.1. The molecule has 2 bridgehead atoms. The zero-order valence-electron chi connectivity index (χ0n) is 23.4. The monoisotopic (exact) mass is 538 g/mol. The third-order valence-corrected chi connectivity index (χ3v) is 8.83. The summed E-state index contributed by atoms with van der Waals surface area (Å²) in [5.41, 5.74) is -0.551. The highest BCUT2D eigenvalue weighted by Crippen LogP contribution is 2.55. The van der Waals surface area contributed by atoms with Crippen LogP contribution in [0, 0.1) is 11.8 Å². The van der Waals surface area contributed by atoms with Gasteiger partial charge in [0.2, 0.25) is 17.7 Å². The summed E-state index contributed by atoms with van der Waals surface area (Å²) in [4.78, 5) is 45.5. The van der Waals surface area contributed by atoms with Crippen molar-refractivity contribution >= 4 is 23.4 Å². The van der Waals surface area contributed by atoms with E-state index < -0.39 is 29.6 Å². The normalized spacial score (nSPS) is 29.6. The molecule has 3 heterocycles. The number of hydrogen-bond acceptors (Lipinski definition) is 6. The Hall–Kier alpha value is -2.91. The molecule has 1 aromatic rings. The first-order valence-electron chi connectivity index (χ1n) is 14.5. The highest BCUT2D eigenvalue weighted by molar-refractivity contribution is 6.02. The molecule has 1 spiro atoms. The highest BCUT2D eigenvalue weighted by atomic mass is 16.5. The van der Waals surface area contributed by atoms with E-state index in [4.69, 9.17) is 9.47 Å². The molecule has 2 N–H and O–H groups in total. The van der Waals surface area contributed by atoms with Crippen LogP contribution in [-0.2, 0) is 19.1 Å². The van der Waals surface area contributed by atoms with Gasteiger partial charge in [-0.05, 0) is 45.0 Å². The molecule has 4 aliphatic rings. The van der Waals surface area contributed by atoms with Crippen molar-refractivity contribution in [2.45, 2.75) is 75.7 Å². The van der Waals surface area contributed by atoms with Crippen LogP contribution in [0.4, 0.5) is 5.69 Å². The van der Waals surface area contributed by atoms with E-state index in [-0.39, 0.29) is 23.8 Å². The Morgan fingerprint density at radius 3 is 2.72 bits per heavy atom. The Labute approximate surface area is 231 Å². The lowest BCUT2D eigenvalue weighted by Gasteiger charge is -2.34. The van der Waals surface area contributed by atoms with Gasteiger partial charge in [0.05, 0.1) is 25.0 Å². The van der Waals surface area contributed by atoms with Crippen LogP contribution < -0.4 is 15.4 Å². The van der Waals surface area contributed by atoms with Crippen LogP contribution in [0.1, 0.15) is 51.9 Å². The van der Waals surface area contributed by atoms with Gasteiger partial charge in [-0.15, -0.1) is 0 Å². The Balaban J connectivity index is 1.40. The molecular weight excluding hydrogens is 496 g/mol. The quantitative estimate of drug-likeness (QED) is 0.420. The SMILES string of the molecule is CCCCN(C)CCN1C(=O)[C@@H]2C(C(=O)Nc3cccc(OC)c3)[C@@H]3C=CC2(O3)C1C(=O)NC1CCCCC1. The number of nitrogens with zero attached hydrogens (tertiary/aromatic N) is 2. The van der Waals surface area contributed by atoms with E-state index in [1.807, 2.05) is 19.2 Å². The lowest BCUT2D eigenvalue weighted by molar-refractivity contribution is -0.141. The smallest absolute Gasteiger partial charge is 0.246 e. The number of anilines is 1. The summed E-state index contributed by atoms with van der Waals surface area (Å²) in [6.45, 7) is 4.14. The van der Waals surface area contributed by atoms with Gasteiger partial charge in [-0.3, -0.25) is 14.4 Å². The molecule has 212 valence electrons. The lowest BCUT2D eigenvalue weighted by atomic mass is 9.74. The van der Waals surface area contributed by atoms with Crippen molar-refractivity contribution in [1.82, 2.24) is 15.1 Å². The van der Waals surface area contributed by atoms with E-state index >= 15 is 0 Å². The van der Waals surface area contributed by atoms with Crippen LogP contribution in [0.25, 0.3) is 0 Å². The van der Waals surface area contributed by atoms with Crippen LogP contribution in [0.2, 0.25) is 0 Å². The summed E-state index contributed by atoms with van der Waals surface area (Å²) in [6, 6.07) is 6.45. The molecule has 39 heavy (non-hydrogen) atoms. The molecule has 5 atom stereocenters. The maximum Gasteiger partial charge on any atom is 0.246 e. The number of methoxy groups -OCH3 is 1. The van der Waals surface area contributed by atoms with E-state index in [1.165, 1.54) is 6.42 Å². The molecule has 3 unspecified atom stereocenters. The van der Waals surface area contributed by atoms with Gasteiger partial charge in [-0.1, -0.05) is 50.8 Å². The number of benzene rings is 1. The first-order valence-corrected chi connectivity index (χ1v) is 14.5. The third-order valence-electron chi connectivity index (χ3n) is 8.83. The van der Waals surface area contributed by atoms with Gasteiger partial charge >= 0.3 is 0 Å².